The zero-order chi connectivity index (χ0) is 12.8. The van der Waals surface area contributed by atoms with E-state index in [0.29, 0.717) is 0 Å². The van der Waals surface area contributed by atoms with Gasteiger partial charge >= 0.3 is 0 Å². The van der Waals surface area contributed by atoms with E-state index in [1.165, 1.54) is 31.3 Å². The van der Waals surface area contributed by atoms with Gasteiger partial charge in [-0.15, -0.1) is 0 Å². The number of nitrogen functional groups attached to an aromatic ring is 1. The number of nitrogens with one attached hydrogen (secondary N) is 1. The molecule has 0 aliphatic heterocycles. The Kier molecular flexibility index (Phi) is 4.79. The van der Waals surface area contributed by atoms with E-state index in [-0.39, 0.29) is 6.04 Å². The molecule has 0 aromatic heterocycles. The first kappa shape index (κ1) is 13.1. The van der Waals surface area contributed by atoms with Crippen molar-refractivity contribution in [2.75, 3.05) is 5.73 Å². The van der Waals surface area contributed by atoms with Gasteiger partial charge in [-0.3, -0.25) is 5.84 Å². The third-order valence-electron chi connectivity index (χ3n) is 3.67. The lowest BCUT2D eigenvalue weighted by Crippen LogP contribution is -2.30. The normalized spacial score (nSPS) is 21.5. The Labute approximate surface area is 109 Å². The molecule has 0 heterocycles. The SMILES string of the molecule is NNC(/C1=C/CCCCCC1)c1ccccc1N. The lowest BCUT2D eigenvalue weighted by molar-refractivity contribution is 0.556. The Bertz CT molecular complexity index is 412. The summed E-state index contributed by atoms with van der Waals surface area (Å²) in [7, 11) is 0. The van der Waals surface area contributed by atoms with Gasteiger partial charge in [-0.25, -0.2) is 5.43 Å². The molecule has 0 fully saturated rings. The fourth-order valence-corrected chi connectivity index (χ4v) is 2.65. The summed E-state index contributed by atoms with van der Waals surface area (Å²) >= 11 is 0. The number of allylic oxidation sites excluding steroid dienone is 1. The number of anilines is 1. The van der Waals surface area contributed by atoms with Crippen LogP contribution in [0.1, 0.15) is 50.1 Å². The monoisotopic (exact) mass is 245 g/mol. The van der Waals surface area contributed by atoms with Crippen LogP contribution in [0.3, 0.4) is 0 Å². The smallest absolute Gasteiger partial charge is 0.0690 e. The molecule has 1 aliphatic carbocycles. The van der Waals surface area contributed by atoms with Gasteiger partial charge in [-0.05, 0) is 37.3 Å². The molecular weight excluding hydrogens is 222 g/mol. The predicted octanol–water partition coefficient (Wildman–Crippen LogP) is 3.05. The van der Waals surface area contributed by atoms with Crippen molar-refractivity contribution in [1.29, 1.82) is 0 Å². The van der Waals surface area contributed by atoms with E-state index in [1.807, 2.05) is 18.2 Å². The third kappa shape index (κ3) is 3.12. The maximum absolute atomic E-state index is 6.05. The second kappa shape index (κ2) is 6.57. The van der Waals surface area contributed by atoms with Gasteiger partial charge in [0.2, 0.25) is 0 Å². The summed E-state index contributed by atoms with van der Waals surface area (Å²) in [6.45, 7) is 0. The van der Waals surface area contributed by atoms with Crippen molar-refractivity contribution < 1.29 is 0 Å². The zero-order valence-corrected chi connectivity index (χ0v) is 10.9. The number of hydrogen-bond donors (Lipinski definition) is 3. The summed E-state index contributed by atoms with van der Waals surface area (Å²) in [5.41, 5.74) is 12.3. The van der Waals surface area contributed by atoms with Gasteiger partial charge in [0.05, 0.1) is 6.04 Å². The fraction of sp³-hybridized carbons (Fsp3) is 0.467. The number of para-hydroxylation sites is 1. The van der Waals surface area contributed by atoms with Gasteiger partial charge in [0.15, 0.2) is 0 Å². The van der Waals surface area contributed by atoms with Crippen LogP contribution >= 0.6 is 0 Å². The second-order valence-corrected chi connectivity index (χ2v) is 4.96. The minimum absolute atomic E-state index is 0.0595. The quantitative estimate of drug-likeness (QED) is 0.332. The first-order chi connectivity index (χ1) is 8.83. The minimum Gasteiger partial charge on any atom is -0.398 e. The number of rotatable bonds is 3. The van der Waals surface area contributed by atoms with Crippen LogP contribution < -0.4 is 17.0 Å². The maximum atomic E-state index is 6.05. The lowest BCUT2D eigenvalue weighted by atomic mass is 9.90. The number of benzene rings is 1. The molecule has 0 bridgehead atoms. The fourth-order valence-electron chi connectivity index (χ4n) is 2.65. The Balaban J connectivity index is 2.24. The molecule has 3 nitrogen and oxygen atoms in total. The Morgan fingerprint density at radius 1 is 1.06 bits per heavy atom. The average molecular weight is 245 g/mol. The maximum Gasteiger partial charge on any atom is 0.0690 e. The van der Waals surface area contributed by atoms with Crippen molar-refractivity contribution in [3.63, 3.8) is 0 Å². The number of hydrogen-bond acceptors (Lipinski definition) is 3. The van der Waals surface area contributed by atoms with Gasteiger partial charge < -0.3 is 5.73 Å². The van der Waals surface area contributed by atoms with Crippen molar-refractivity contribution in [3.05, 3.63) is 41.5 Å². The van der Waals surface area contributed by atoms with Crippen LogP contribution in [0.5, 0.6) is 0 Å². The molecule has 0 amide bonds. The van der Waals surface area contributed by atoms with E-state index < -0.39 is 0 Å². The van der Waals surface area contributed by atoms with E-state index in [2.05, 4.69) is 17.6 Å². The molecule has 3 heteroatoms. The van der Waals surface area contributed by atoms with E-state index in [0.717, 1.165) is 24.1 Å². The van der Waals surface area contributed by atoms with Crippen molar-refractivity contribution >= 4 is 5.69 Å². The molecule has 1 aromatic rings. The van der Waals surface area contributed by atoms with Crippen molar-refractivity contribution in [3.8, 4) is 0 Å². The molecule has 2 rings (SSSR count). The summed E-state index contributed by atoms with van der Waals surface area (Å²) in [5.74, 6) is 5.75. The van der Waals surface area contributed by atoms with E-state index in [1.54, 1.807) is 0 Å². The molecule has 0 radical (unpaired) electrons. The molecule has 0 saturated carbocycles. The van der Waals surface area contributed by atoms with Gasteiger partial charge in [-0.2, -0.15) is 0 Å². The molecular formula is C15H23N3. The average Bonchev–Trinajstić information content (AvgIpc) is 2.34. The molecule has 0 saturated heterocycles. The minimum atomic E-state index is 0.0595. The van der Waals surface area contributed by atoms with Crippen LogP contribution in [-0.4, -0.2) is 0 Å². The van der Waals surface area contributed by atoms with E-state index in [4.69, 9.17) is 11.6 Å². The molecule has 5 N–H and O–H groups in total. The first-order valence-electron chi connectivity index (χ1n) is 6.82. The molecule has 18 heavy (non-hydrogen) atoms. The van der Waals surface area contributed by atoms with E-state index in [9.17, 15) is 0 Å². The highest BCUT2D eigenvalue weighted by atomic mass is 15.2. The van der Waals surface area contributed by atoms with Gasteiger partial charge in [0, 0.05) is 5.69 Å². The van der Waals surface area contributed by atoms with Crippen LogP contribution in [0.2, 0.25) is 0 Å². The first-order valence-corrected chi connectivity index (χ1v) is 6.82. The Hall–Kier alpha value is -1.32. The molecule has 1 atom stereocenters. The van der Waals surface area contributed by atoms with Crippen molar-refractivity contribution in [2.45, 2.75) is 44.6 Å². The third-order valence-corrected chi connectivity index (χ3v) is 3.67. The molecule has 1 unspecified atom stereocenters. The topological polar surface area (TPSA) is 64.1 Å². The van der Waals surface area contributed by atoms with Crippen LogP contribution in [0, 0.1) is 0 Å². The highest BCUT2D eigenvalue weighted by Gasteiger charge is 2.17. The van der Waals surface area contributed by atoms with Crippen molar-refractivity contribution in [1.82, 2.24) is 5.43 Å². The zero-order valence-electron chi connectivity index (χ0n) is 10.9. The van der Waals surface area contributed by atoms with Crippen molar-refractivity contribution in [2.24, 2.45) is 5.84 Å². The largest absolute Gasteiger partial charge is 0.398 e. The summed E-state index contributed by atoms with van der Waals surface area (Å²) in [6.07, 6.45) is 9.80. The number of hydrazine groups is 1. The van der Waals surface area contributed by atoms with Gasteiger partial charge in [0.1, 0.15) is 0 Å². The molecule has 1 aliphatic rings. The Morgan fingerprint density at radius 3 is 2.61 bits per heavy atom. The summed E-state index contributed by atoms with van der Waals surface area (Å²) in [4.78, 5) is 0. The van der Waals surface area contributed by atoms with Crippen LogP contribution in [-0.2, 0) is 0 Å². The van der Waals surface area contributed by atoms with Crippen LogP contribution in [0.15, 0.2) is 35.9 Å². The van der Waals surface area contributed by atoms with Gasteiger partial charge in [0.25, 0.3) is 0 Å². The van der Waals surface area contributed by atoms with Gasteiger partial charge in [-0.1, -0.05) is 42.7 Å². The molecule has 0 spiro atoms. The predicted molar refractivity (Wildman–Crippen MR) is 76.7 cm³/mol. The standard InChI is InChI=1S/C15H23N3/c16-14-11-7-6-10-13(14)15(18-17)12-8-4-2-1-3-5-9-12/h6-8,10-11,15,18H,1-5,9,16-17H2/b12-8+. The van der Waals surface area contributed by atoms with Crippen LogP contribution in [0.25, 0.3) is 0 Å². The highest BCUT2D eigenvalue weighted by molar-refractivity contribution is 5.50. The van der Waals surface area contributed by atoms with Crippen LogP contribution in [0.4, 0.5) is 5.69 Å². The summed E-state index contributed by atoms with van der Waals surface area (Å²) in [5, 5.41) is 0. The second-order valence-electron chi connectivity index (χ2n) is 4.96. The molecule has 98 valence electrons. The molecule has 1 aromatic carbocycles. The summed E-state index contributed by atoms with van der Waals surface area (Å²) in [6, 6.07) is 8.02. The van der Waals surface area contributed by atoms with E-state index >= 15 is 0 Å². The Morgan fingerprint density at radius 2 is 1.83 bits per heavy atom. The number of nitrogens with two attached hydrogens (primary N) is 2. The summed E-state index contributed by atoms with van der Waals surface area (Å²) < 4.78 is 0. The highest BCUT2D eigenvalue weighted by Crippen LogP contribution is 2.30. The lowest BCUT2D eigenvalue weighted by Gasteiger charge is -2.23.